The highest BCUT2D eigenvalue weighted by molar-refractivity contribution is 6.31. The van der Waals surface area contributed by atoms with Crippen LogP contribution in [0.5, 0.6) is 0 Å². The van der Waals surface area contributed by atoms with Gasteiger partial charge in [-0.1, -0.05) is 48.0 Å². The number of urea groups is 1. The lowest BCUT2D eigenvalue weighted by atomic mass is 10.1. The van der Waals surface area contributed by atoms with E-state index in [1.165, 1.54) is 10.9 Å². The largest absolute Gasteiger partial charge is 0.358 e. The van der Waals surface area contributed by atoms with Gasteiger partial charge in [0, 0.05) is 34.7 Å². The molecule has 2 aromatic carbocycles. The van der Waals surface area contributed by atoms with Gasteiger partial charge in [0.1, 0.15) is 0 Å². The maximum atomic E-state index is 11.9. The molecule has 0 saturated heterocycles. The molecule has 2 amide bonds. The molecule has 0 atom stereocenters. The first-order valence-corrected chi connectivity index (χ1v) is 8.34. The third kappa shape index (κ3) is 3.71. The Balaban J connectivity index is 1.51. The molecule has 24 heavy (non-hydrogen) atoms. The first kappa shape index (κ1) is 16.4. The molecule has 0 aliphatic rings. The van der Waals surface area contributed by atoms with E-state index >= 15 is 0 Å². The molecule has 3 aromatic rings. The van der Waals surface area contributed by atoms with Crippen molar-refractivity contribution in [2.24, 2.45) is 0 Å². The number of aromatic amines is 1. The van der Waals surface area contributed by atoms with Gasteiger partial charge in [0.25, 0.3) is 0 Å². The molecule has 3 N–H and O–H groups in total. The van der Waals surface area contributed by atoms with Gasteiger partial charge < -0.3 is 15.6 Å². The second kappa shape index (κ2) is 7.41. The van der Waals surface area contributed by atoms with E-state index in [-0.39, 0.29) is 6.03 Å². The molecule has 1 aromatic heterocycles. The smallest absolute Gasteiger partial charge is 0.315 e. The van der Waals surface area contributed by atoms with Gasteiger partial charge in [-0.05, 0) is 36.6 Å². The fraction of sp³-hybridized carbons (Fsp3) is 0.211. The zero-order valence-electron chi connectivity index (χ0n) is 13.5. The van der Waals surface area contributed by atoms with E-state index in [0.717, 1.165) is 23.2 Å². The standard InChI is InChI=1S/C19H20ClN3O/c1-13-15(16-7-3-5-9-18(16)23-13)10-11-21-19(24)22-12-14-6-2-4-8-17(14)20/h2-9,23H,10-12H2,1H3,(H2,21,22,24). The number of carbonyl (C=O) groups is 1. The highest BCUT2D eigenvalue weighted by Gasteiger charge is 2.08. The van der Waals surface area contributed by atoms with E-state index < -0.39 is 0 Å². The third-order valence-electron chi connectivity index (χ3n) is 4.08. The topological polar surface area (TPSA) is 56.9 Å². The number of benzene rings is 2. The molecule has 0 aliphatic heterocycles. The molecule has 0 fully saturated rings. The summed E-state index contributed by atoms with van der Waals surface area (Å²) in [6, 6.07) is 15.5. The lowest BCUT2D eigenvalue weighted by Gasteiger charge is -2.09. The molecule has 3 rings (SSSR count). The summed E-state index contributed by atoms with van der Waals surface area (Å²) in [5, 5.41) is 7.60. The van der Waals surface area contributed by atoms with Gasteiger partial charge >= 0.3 is 6.03 Å². The van der Waals surface area contributed by atoms with Crippen molar-refractivity contribution < 1.29 is 4.79 Å². The Morgan fingerprint density at radius 3 is 2.67 bits per heavy atom. The van der Waals surface area contributed by atoms with Crippen LogP contribution in [0.25, 0.3) is 10.9 Å². The second-order valence-electron chi connectivity index (χ2n) is 5.73. The van der Waals surface area contributed by atoms with Crippen molar-refractivity contribution in [3.05, 3.63) is 70.4 Å². The first-order valence-electron chi connectivity index (χ1n) is 7.96. The van der Waals surface area contributed by atoms with Crippen LogP contribution in [0.4, 0.5) is 4.79 Å². The second-order valence-corrected chi connectivity index (χ2v) is 6.13. The minimum absolute atomic E-state index is 0.188. The number of aryl methyl sites for hydroxylation is 1. The number of nitrogens with one attached hydrogen (secondary N) is 3. The Bertz CT molecular complexity index is 857. The summed E-state index contributed by atoms with van der Waals surface area (Å²) in [6.07, 6.45) is 0.787. The summed E-state index contributed by atoms with van der Waals surface area (Å²) in [5.41, 5.74) is 4.43. The zero-order chi connectivity index (χ0) is 16.9. The Morgan fingerprint density at radius 1 is 1.08 bits per heavy atom. The van der Waals surface area contributed by atoms with Crippen molar-refractivity contribution in [3.63, 3.8) is 0 Å². The molecule has 4 nitrogen and oxygen atoms in total. The number of hydrogen-bond acceptors (Lipinski definition) is 1. The highest BCUT2D eigenvalue weighted by Crippen LogP contribution is 2.21. The molecule has 0 unspecified atom stereocenters. The Hall–Kier alpha value is -2.46. The number of fused-ring (bicyclic) bond motifs is 1. The number of para-hydroxylation sites is 1. The summed E-state index contributed by atoms with van der Waals surface area (Å²) in [5.74, 6) is 0. The van der Waals surface area contributed by atoms with E-state index in [4.69, 9.17) is 11.6 Å². The number of carbonyl (C=O) groups excluding carboxylic acids is 1. The number of rotatable bonds is 5. The molecule has 0 spiro atoms. The number of halogens is 1. The molecular weight excluding hydrogens is 322 g/mol. The van der Waals surface area contributed by atoms with Crippen LogP contribution in [0, 0.1) is 6.92 Å². The van der Waals surface area contributed by atoms with Crippen molar-refractivity contribution >= 4 is 28.5 Å². The molecular formula is C19H20ClN3O. The van der Waals surface area contributed by atoms with Gasteiger partial charge in [0.15, 0.2) is 0 Å². The number of hydrogen-bond donors (Lipinski definition) is 3. The normalized spacial score (nSPS) is 10.8. The van der Waals surface area contributed by atoms with Gasteiger partial charge in [0.2, 0.25) is 0 Å². The van der Waals surface area contributed by atoms with Crippen LogP contribution in [0.2, 0.25) is 5.02 Å². The minimum atomic E-state index is -0.188. The van der Waals surface area contributed by atoms with Crippen LogP contribution in [-0.2, 0) is 13.0 Å². The van der Waals surface area contributed by atoms with Gasteiger partial charge in [-0.15, -0.1) is 0 Å². The van der Waals surface area contributed by atoms with Crippen molar-refractivity contribution in [1.82, 2.24) is 15.6 Å². The first-order chi connectivity index (χ1) is 11.6. The van der Waals surface area contributed by atoms with Crippen LogP contribution in [0.3, 0.4) is 0 Å². The molecule has 5 heteroatoms. The summed E-state index contributed by atoms with van der Waals surface area (Å²) in [4.78, 5) is 15.3. The molecule has 0 bridgehead atoms. The van der Waals surface area contributed by atoms with Crippen LogP contribution >= 0.6 is 11.6 Å². The van der Waals surface area contributed by atoms with Gasteiger partial charge in [0.05, 0.1) is 0 Å². The average Bonchev–Trinajstić information content (AvgIpc) is 2.90. The fourth-order valence-electron chi connectivity index (χ4n) is 2.84. The Kier molecular flexibility index (Phi) is 5.06. The maximum absolute atomic E-state index is 11.9. The lowest BCUT2D eigenvalue weighted by Crippen LogP contribution is -2.36. The zero-order valence-corrected chi connectivity index (χ0v) is 14.3. The molecule has 1 heterocycles. The summed E-state index contributed by atoms with van der Waals surface area (Å²) < 4.78 is 0. The summed E-state index contributed by atoms with van der Waals surface area (Å²) >= 11 is 6.08. The predicted molar refractivity (Wildman–Crippen MR) is 98.4 cm³/mol. The monoisotopic (exact) mass is 341 g/mol. The molecule has 0 saturated carbocycles. The van der Waals surface area contributed by atoms with Crippen molar-refractivity contribution in [3.8, 4) is 0 Å². The quantitative estimate of drug-likeness (QED) is 0.641. The number of amides is 2. The predicted octanol–water partition coefficient (Wildman–Crippen LogP) is 4.17. The van der Waals surface area contributed by atoms with Gasteiger partial charge in [-0.2, -0.15) is 0 Å². The number of aromatic nitrogens is 1. The number of H-pyrrole nitrogens is 1. The van der Waals surface area contributed by atoms with E-state index in [9.17, 15) is 4.79 Å². The fourth-order valence-corrected chi connectivity index (χ4v) is 3.04. The van der Waals surface area contributed by atoms with Crippen molar-refractivity contribution in [2.45, 2.75) is 19.9 Å². The third-order valence-corrected chi connectivity index (χ3v) is 4.45. The maximum Gasteiger partial charge on any atom is 0.315 e. The Morgan fingerprint density at radius 2 is 1.83 bits per heavy atom. The molecule has 0 radical (unpaired) electrons. The van der Waals surface area contributed by atoms with Gasteiger partial charge in [-0.25, -0.2) is 4.79 Å². The molecule has 0 aliphatic carbocycles. The van der Waals surface area contributed by atoms with Crippen LogP contribution in [-0.4, -0.2) is 17.6 Å². The summed E-state index contributed by atoms with van der Waals surface area (Å²) in [7, 11) is 0. The van der Waals surface area contributed by atoms with Gasteiger partial charge in [-0.3, -0.25) is 0 Å². The van der Waals surface area contributed by atoms with E-state index in [1.807, 2.05) is 36.4 Å². The van der Waals surface area contributed by atoms with Crippen LogP contribution in [0.1, 0.15) is 16.8 Å². The van der Waals surface area contributed by atoms with Crippen LogP contribution in [0.15, 0.2) is 48.5 Å². The Labute approximate surface area is 146 Å². The summed E-state index contributed by atoms with van der Waals surface area (Å²) in [6.45, 7) is 3.06. The SMILES string of the molecule is Cc1[nH]c2ccccc2c1CCNC(=O)NCc1ccccc1Cl. The van der Waals surface area contributed by atoms with Crippen molar-refractivity contribution in [2.75, 3.05) is 6.54 Å². The average molecular weight is 342 g/mol. The van der Waals surface area contributed by atoms with Crippen LogP contribution < -0.4 is 10.6 Å². The van der Waals surface area contributed by atoms with E-state index in [2.05, 4.69) is 34.7 Å². The molecule has 124 valence electrons. The highest BCUT2D eigenvalue weighted by atomic mass is 35.5. The minimum Gasteiger partial charge on any atom is -0.358 e. The lowest BCUT2D eigenvalue weighted by molar-refractivity contribution is 0.240. The van der Waals surface area contributed by atoms with Crippen molar-refractivity contribution in [1.29, 1.82) is 0 Å². The van der Waals surface area contributed by atoms with E-state index in [0.29, 0.717) is 18.1 Å². The van der Waals surface area contributed by atoms with E-state index in [1.54, 1.807) is 0 Å².